The summed E-state index contributed by atoms with van der Waals surface area (Å²) in [4.78, 5) is 15.0. The van der Waals surface area contributed by atoms with Gasteiger partial charge in [-0.25, -0.2) is 0 Å². The molecule has 1 amide bonds. The molecule has 2 rings (SSSR count). The molecule has 0 saturated heterocycles. The van der Waals surface area contributed by atoms with Crippen molar-refractivity contribution in [1.82, 2.24) is 5.32 Å². The number of aryl methyl sites for hydroxylation is 2. The fraction of sp³-hybridized carbons (Fsp3) is 0.667. The minimum absolute atomic E-state index is 0.0218. The van der Waals surface area contributed by atoms with Crippen LogP contribution in [-0.4, -0.2) is 11.4 Å². The van der Waals surface area contributed by atoms with Crippen LogP contribution in [0.3, 0.4) is 0 Å². The minimum Gasteiger partial charge on any atom is -0.351 e. The van der Waals surface area contributed by atoms with E-state index in [4.69, 9.17) is 5.73 Å². The van der Waals surface area contributed by atoms with Crippen LogP contribution in [0.2, 0.25) is 0 Å². The number of hydrogen-bond acceptors (Lipinski definition) is 3. The van der Waals surface area contributed by atoms with Crippen LogP contribution in [0, 0.1) is 5.41 Å². The molecule has 0 fully saturated rings. The summed E-state index contributed by atoms with van der Waals surface area (Å²) in [5, 5.41) is 3.03. The smallest absolute Gasteiger partial charge is 0.227 e. The number of fused-ring (bicyclic) bond motifs is 1. The number of hydrogen-bond donors (Lipinski definition) is 2. The summed E-state index contributed by atoms with van der Waals surface area (Å²) in [5.41, 5.74) is 6.45. The zero-order valence-electron chi connectivity index (χ0n) is 12.3. The summed E-state index contributed by atoms with van der Waals surface area (Å²) in [6, 6.07) is 2.24. The minimum atomic E-state index is -0.576. The van der Waals surface area contributed by atoms with E-state index in [9.17, 15) is 4.79 Å². The summed E-state index contributed by atoms with van der Waals surface area (Å²) < 4.78 is 0. The molecule has 1 aromatic rings. The first-order chi connectivity index (χ1) is 8.72. The summed E-state index contributed by atoms with van der Waals surface area (Å²) in [5.74, 6) is 0.0218. The molecule has 1 aliphatic carbocycles. The summed E-state index contributed by atoms with van der Waals surface area (Å²) in [6.07, 6.45) is 3.68. The second-order valence-corrected chi connectivity index (χ2v) is 7.77. The number of carbonyl (C=O) groups is 1. The number of amides is 1. The lowest BCUT2D eigenvalue weighted by atomic mass is 9.74. The SMILES string of the molecule is CC(C)(N)C(C)(C)C(=O)NCc1cc2c(s1)CCC2. The molecule has 0 unspecified atom stereocenters. The molecule has 3 N–H and O–H groups in total. The molecule has 0 radical (unpaired) electrons. The molecule has 0 spiro atoms. The van der Waals surface area contributed by atoms with Crippen LogP contribution in [0.1, 0.15) is 49.4 Å². The first-order valence-corrected chi connectivity index (χ1v) is 7.71. The number of carbonyl (C=O) groups excluding carboxylic acids is 1. The lowest BCUT2D eigenvalue weighted by molar-refractivity contribution is -0.132. The van der Waals surface area contributed by atoms with Crippen molar-refractivity contribution < 1.29 is 4.79 Å². The molecule has 106 valence electrons. The molecule has 1 aliphatic rings. The number of rotatable bonds is 4. The van der Waals surface area contributed by atoms with Gasteiger partial charge in [0.05, 0.1) is 12.0 Å². The average molecular weight is 280 g/mol. The molecule has 1 aromatic heterocycles. The molecule has 0 bridgehead atoms. The van der Waals surface area contributed by atoms with E-state index in [1.54, 1.807) is 0 Å². The van der Waals surface area contributed by atoms with Crippen LogP contribution in [0.25, 0.3) is 0 Å². The highest BCUT2D eigenvalue weighted by Crippen LogP contribution is 2.31. The van der Waals surface area contributed by atoms with Gasteiger partial charge in [-0.3, -0.25) is 4.79 Å². The molecular weight excluding hydrogens is 256 g/mol. The molecule has 0 aromatic carbocycles. The third-order valence-electron chi connectivity index (χ3n) is 4.40. The highest BCUT2D eigenvalue weighted by molar-refractivity contribution is 7.12. The van der Waals surface area contributed by atoms with Crippen LogP contribution in [0.4, 0.5) is 0 Å². The lowest BCUT2D eigenvalue weighted by Crippen LogP contribution is -2.55. The maximum atomic E-state index is 12.3. The van der Waals surface area contributed by atoms with Gasteiger partial charge in [0, 0.05) is 15.3 Å². The van der Waals surface area contributed by atoms with Crippen molar-refractivity contribution in [2.24, 2.45) is 11.1 Å². The van der Waals surface area contributed by atoms with Crippen LogP contribution < -0.4 is 11.1 Å². The number of nitrogens with two attached hydrogens (primary N) is 1. The highest BCUT2D eigenvalue weighted by atomic mass is 32.1. The Labute approximate surface area is 119 Å². The first kappa shape index (κ1) is 14.5. The molecule has 0 aliphatic heterocycles. The van der Waals surface area contributed by atoms with Crippen molar-refractivity contribution in [3.8, 4) is 0 Å². The molecule has 0 atom stereocenters. The zero-order chi connectivity index (χ0) is 14.3. The Hall–Kier alpha value is -0.870. The zero-order valence-corrected chi connectivity index (χ0v) is 13.1. The Bertz CT molecular complexity index is 461. The quantitative estimate of drug-likeness (QED) is 0.891. The predicted molar refractivity (Wildman–Crippen MR) is 80.2 cm³/mol. The van der Waals surface area contributed by atoms with Gasteiger partial charge < -0.3 is 11.1 Å². The molecule has 19 heavy (non-hydrogen) atoms. The monoisotopic (exact) mass is 280 g/mol. The van der Waals surface area contributed by atoms with Gasteiger partial charge in [0.2, 0.25) is 5.91 Å². The van der Waals surface area contributed by atoms with Gasteiger partial charge in [0.25, 0.3) is 0 Å². The van der Waals surface area contributed by atoms with Crippen molar-refractivity contribution in [3.05, 3.63) is 21.4 Å². The van der Waals surface area contributed by atoms with Crippen molar-refractivity contribution in [3.63, 3.8) is 0 Å². The van der Waals surface area contributed by atoms with Gasteiger partial charge in [-0.05, 0) is 58.6 Å². The summed E-state index contributed by atoms with van der Waals surface area (Å²) in [7, 11) is 0. The van der Waals surface area contributed by atoms with E-state index < -0.39 is 11.0 Å². The van der Waals surface area contributed by atoms with E-state index in [-0.39, 0.29) is 5.91 Å². The third kappa shape index (κ3) is 2.84. The average Bonchev–Trinajstić information content (AvgIpc) is 2.83. The highest BCUT2D eigenvalue weighted by Gasteiger charge is 2.40. The van der Waals surface area contributed by atoms with Gasteiger partial charge in [-0.2, -0.15) is 0 Å². The van der Waals surface area contributed by atoms with Gasteiger partial charge in [-0.15, -0.1) is 11.3 Å². The first-order valence-electron chi connectivity index (χ1n) is 6.89. The van der Waals surface area contributed by atoms with Crippen LogP contribution >= 0.6 is 11.3 Å². The molecule has 1 heterocycles. The topological polar surface area (TPSA) is 55.1 Å². The van der Waals surface area contributed by atoms with Gasteiger partial charge in [-0.1, -0.05) is 0 Å². The molecule has 0 saturated carbocycles. The fourth-order valence-electron chi connectivity index (χ4n) is 2.16. The Morgan fingerprint density at radius 1 is 1.37 bits per heavy atom. The van der Waals surface area contributed by atoms with Crippen LogP contribution in [0.15, 0.2) is 6.07 Å². The van der Waals surface area contributed by atoms with Crippen molar-refractivity contribution in [2.75, 3.05) is 0 Å². The predicted octanol–water partition coefficient (Wildman–Crippen LogP) is 2.62. The van der Waals surface area contributed by atoms with Crippen LogP contribution in [-0.2, 0) is 24.2 Å². The van der Waals surface area contributed by atoms with Crippen molar-refractivity contribution in [1.29, 1.82) is 0 Å². The normalized spacial score (nSPS) is 15.4. The second kappa shape index (κ2) is 4.91. The van der Waals surface area contributed by atoms with E-state index >= 15 is 0 Å². The second-order valence-electron chi connectivity index (χ2n) is 6.54. The fourth-order valence-corrected chi connectivity index (χ4v) is 3.36. The Kier molecular flexibility index (Phi) is 3.76. The van der Waals surface area contributed by atoms with E-state index in [1.807, 2.05) is 39.0 Å². The number of nitrogens with one attached hydrogen (secondary N) is 1. The Morgan fingerprint density at radius 2 is 2.05 bits per heavy atom. The molecule has 4 heteroatoms. The number of thiophene rings is 1. The van der Waals surface area contributed by atoms with E-state index in [2.05, 4.69) is 11.4 Å². The standard InChI is InChI=1S/C15H24N2OS/c1-14(2,15(3,4)16)13(18)17-9-11-8-10-6-5-7-12(10)19-11/h8H,5-7,9,16H2,1-4H3,(H,17,18). The van der Waals surface area contributed by atoms with Gasteiger partial charge in [0.1, 0.15) is 0 Å². The summed E-state index contributed by atoms with van der Waals surface area (Å²) in [6.45, 7) is 8.21. The largest absolute Gasteiger partial charge is 0.351 e. The van der Waals surface area contributed by atoms with Crippen molar-refractivity contribution >= 4 is 17.2 Å². The molecular formula is C15H24N2OS. The maximum Gasteiger partial charge on any atom is 0.227 e. The summed E-state index contributed by atoms with van der Waals surface area (Å²) >= 11 is 1.84. The van der Waals surface area contributed by atoms with E-state index in [0.29, 0.717) is 6.54 Å². The van der Waals surface area contributed by atoms with Gasteiger partial charge >= 0.3 is 0 Å². The van der Waals surface area contributed by atoms with E-state index in [1.165, 1.54) is 34.6 Å². The third-order valence-corrected chi connectivity index (χ3v) is 5.64. The maximum absolute atomic E-state index is 12.3. The van der Waals surface area contributed by atoms with Crippen molar-refractivity contribution in [2.45, 2.75) is 59.0 Å². The lowest BCUT2D eigenvalue weighted by Gasteiger charge is -2.36. The Balaban J connectivity index is 1.97. The van der Waals surface area contributed by atoms with Crippen LogP contribution in [0.5, 0.6) is 0 Å². The Morgan fingerprint density at radius 3 is 2.63 bits per heavy atom. The van der Waals surface area contributed by atoms with Gasteiger partial charge in [0.15, 0.2) is 0 Å². The van der Waals surface area contributed by atoms with E-state index in [0.717, 1.165) is 0 Å². The molecule has 3 nitrogen and oxygen atoms in total.